The molecule has 134 valence electrons. The van der Waals surface area contributed by atoms with E-state index in [9.17, 15) is 0 Å². The fourth-order valence-electron chi connectivity index (χ4n) is 4.61. The first kappa shape index (κ1) is 17.9. The van der Waals surface area contributed by atoms with Crippen molar-refractivity contribution in [2.45, 2.75) is 69.6 Å². The number of likely N-dealkylation sites (N-methyl/N-ethyl adjacent to an activating group) is 1. The van der Waals surface area contributed by atoms with E-state index < -0.39 is 0 Å². The van der Waals surface area contributed by atoms with E-state index >= 15 is 0 Å². The third kappa shape index (κ3) is 4.19. The van der Waals surface area contributed by atoms with E-state index in [1.54, 1.807) is 0 Å². The lowest BCUT2D eigenvalue weighted by Crippen LogP contribution is -2.54. The quantitative estimate of drug-likeness (QED) is 0.862. The van der Waals surface area contributed by atoms with Gasteiger partial charge in [-0.1, -0.05) is 49.6 Å². The zero-order chi connectivity index (χ0) is 17.0. The molecule has 2 fully saturated rings. The van der Waals surface area contributed by atoms with E-state index in [0.29, 0.717) is 17.6 Å². The van der Waals surface area contributed by atoms with E-state index in [2.05, 4.69) is 66.5 Å². The molecule has 1 aromatic rings. The number of rotatable bonds is 6. The second-order valence-corrected chi connectivity index (χ2v) is 8.26. The molecule has 1 aliphatic heterocycles. The Bertz CT molecular complexity index is 493. The van der Waals surface area contributed by atoms with Crippen molar-refractivity contribution in [2.75, 3.05) is 27.2 Å². The molecule has 3 nitrogen and oxygen atoms in total. The highest BCUT2D eigenvalue weighted by Gasteiger charge is 2.36. The summed E-state index contributed by atoms with van der Waals surface area (Å²) in [5.41, 5.74) is 1.82. The van der Waals surface area contributed by atoms with Gasteiger partial charge in [0.2, 0.25) is 0 Å². The first-order valence-electron chi connectivity index (χ1n) is 9.78. The Morgan fingerprint density at radius 3 is 2.50 bits per heavy atom. The number of nitrogens with one attached hydrogen (secondary N) is 1. The molecule has 0 aromatic heterocycles. The van der Waals surface area contributed by atoms with Gasteiger partial charge in [-0.05, 0) is 45.8 Å². The lowest BCUT2D eigenvalue weighted by atomic mass is 9.80. The van der Waals surface area contributed by atoms with Crippen molar-refractivity contribution >= 4 is 0 Å². The van der Waals surface area contributed by atoms with Crippen molar-refractivity contribution in [3.63, 3.8) is 0 Å². The van der Waals surface area contributed by atoms with Crippen LogP contribution in [0.2, 0.25) is 0 Å². The lowest BCUT2D eigenvalue weighted by Gasteiger charge is -2.44. The van der Waals surface area contributed by atoms with Crippen LogP contribution in [-0.4, -0.2) is 54.6 Å². The minimum absolute atomic E-state index is 0.383. The Morgan fingerprint density at radius 2 is 1.83 bits per heavy atom. The largest absolute Gasteiger partial charge is 0.311 e. The van der Waals surface area contributed by atoms with Gasteiger partial charge in [0.15, 0.2) is 0 Å². The van der Waals surface area contributed by atoms with Crippen LogP contribution >= 0.6 is 0 Å². The molecule has 1 aliphatic carbocycles. The molecular weight excluding hydrogens is 294 g/mol. The van der Waals surface area contributed by atoms with E-state index in [4.69, 9.17) is 0 Å². The average Bonchev–Trinajstić information content (AvgIpc) is 2.94. The van der Waals surface area contributed by atoms with Crippen molar-refractivity contribution in [3.8, 4) is 0 Å². The molecule has 1 N–H and O–H groups in total. The highest BCUT2D eigenvalue weighted by molar-refractivity contribution is 5.15. The summed E-state index contributed by atoms with van der Waals surface area (Å²) < 4.78 is 0. The van der Waals surface area contributed by atoms with Crippen LogP contribution < -0.4 is 5.32 Å². The van der Waals surface area contributed by atoms with E-state index in [0.717, 1.165) is 13.1 Å². The monoisotopic (exact) mass is 329 g/mol. The minimum atomic E-state index is 0.383. The molecule has 1 saturated heterocycles. The fourth-order valence-corrected chi connectivity index (χ4v) is 4.61. The van der Waals surface area contributed by atoms with Gasteiger partial charge in [0.1, 0.15) is 0 Å². The number of hydrogen-bond donors (Lipinski definition) is 1. The van der Waals surface area contributed by atoms with Crippen LogP contribution in [0.5, 0.6) is 0 Å². The molecule has 2 aliphatic rings. The summed E-state index contributed by atoms with van der Waals surface area (Å²) >= 11 is 0. The van der Waals surface area contributed by atoms with Gasteiger partial charge >= 0.3 is 0 Å². The maximum absolute atomic E-state index is 3.94. The van der Waals surface area contributed by atoms with Gasteiger partial charge in [-0.15, -0.1) is 0 Å². The maximum atomic E-state index is 3.94. The lowest BCUT2D eigenvalue weighted by molar-refractivity contribution is 0.0953. The third-order valence-electron chi connectivity index (χ3n) is 6.39. The van der Waals surface area contributed by atoms with Gasteiger partial charge in [-0.3, -0.25) is 4.90 Å². The Balaban J connectivity index is 1.53. The number of benzene rings is 1. The van der Waals surface area contributed by atoms with E-state index in [1.165, 1.54) is 50.6 Å². The Morgan fingerprint density at radius 1 is 1.12 bits per heavy atom. The van der Waals surface area contributed by atoms with Gasteiger partial charge in [-0.25, -0.2) is 0 Å². The zero-order valence-electron chi connectivity index (χ0n) is 15.8. The first-order chi connectivity index (χ1) is 11.6. The Kier molecular flexibility index (Phi) is 5.96. The zero-order valence-corrected chi connectivity index (χ0v) is 15.8. The molecule has 3 heteroatoms. The van der Waals surface area contributed by atoms with Crippen molar-refractivity contribution < 1.29 is 0 Å². The van der Waals surface area contributed by atoms with Gasteiger partial charge in [0.25, 0.3) is 0 Å². The SMILES string of the molecule is CC1CC(NCC2(N(C)C)CCCCC2)CN1Cc1ccccc1. The van der Waals surface area contributed by atoms with E-state index in [-0.39, 0.29) is 0 Å². The van der Waals surface area contributed by atoms with Crippen LogP contribution in [0.3, 0.4) is 0 Å². The molecule has 1 saturated carbocycles. The molecule has 0 bridgehead atoms. The minimum Gasteiger partial charge on any atom is -0.311 e. The average molecular weight is 330 g/mol. The normalized spacial score (nSPS) is 27.7. The second-order valence-electron chi connectivity index (χ2n) is 8.26. The third-order valence-corrected chi connectivity index (χ3v) is 6.39. The molecule has 1 heterocycles. The summed E-state index contributed by atoms with van der Waals surface area (Å²) in [4.78, 5) is 5.12. The highest BCUT2D eigenvalue weighted by atomic mass is 15.2. The summed E-state index contributed by atoms with van der Waals surface area (Å²) in [6.45, 7) is 5.79. The molecule has 2 unspecified atom stereocenters. The van der Waals surface area contributed by atoms with Crippen LogP contribution in [0.1, 0.15) is 51.0 Å². The van der Waals surface area contributed by atoms with Crippen molar-refractivity contribution in [1.29, 1.82) is 0 Å². The summed E-state index contributed by atoms with van der Waals surface area (Å²) in [6.07, 6.45) is 8.17. The molecule has 3 rings (SSSR count). The summed E-state index contributed by atoms with van der Waals surface area (Å²) in [5.74, 6) is 0. The number of likely N-dealkylation sites (tertiary alicyclic amines) is 1. The van der Waals surface area contributed by atoms with Gasteiger partial charge in [0.05, 0.1) is 0 Å². The molecule has 2 atom stereocenters. The molecule has 0 spiro atoms. The Labute approximate surface area is 148 Å². The van der Waals surface area contributed by atoms with Gasteiger partial charge in [-0.2, -0.15) is 0 Å². The Hall–Kier alpha value is -0.900. The van der Waals surface area contributed by atoms with E-state index in [1.807, 2.05) is 0 Å². The first-order valence-corrected chi connectivity index (χ1v) is 9.78. The second kappa shape index (κ2) is 7.99. The molecular formula is C21H35N3. The maximum Gasteiger partial charge on any atom is 0.0328 e. The molecule has 1 aromatic carbocycles. The predicted octanol–water partition coefficient (Wildman–Crippen LogP) is 3.50. The van der Waals surface area contributed by atoms with Gasteiger partial charge < -0.3 is 10.2 Å². The standard InChI is InChI=1S/C21H35N3/c1-18-14-20(16-24(18)15-19-10-6-4-7-11-19)22-17-21(23(2)3)12-8-5-9-13-21/h4,6-7,10-11,18,20,22H,5,8-9,12-17H2,1-3H3. The van der Waals surface area contributed by atoms with Crippen LogP contribution in [0.4, 0.5) is 0 Å². The van der Waals surface area contributed by atoms with Crippen LogP contribution in [-0.2, 0) is 6.54 Å². The number of hydrogen-bond acceptors (Lipinski definition) is 3. The highest BCUT2D eigenvalue weighted by Crippen LogP contribution is 2.32. The number of nitrogens with zero attached hydrogens (tertiary/aromatic N) is 2. The molecule has 0 amide bonds. The summed E-state index contributed by atoms with van der Waals surface area (Å²) in [7, 11) is 4.54. The van der Waals surface area contributed by atoms with Gasteiger partial charge in [0, 0.05) is 37.3 Å². The topological polar surface area (TPSA) is 18.5 Å². The van der Waals surface area contributed by atoms with Crippen LogP contribution in [0.25, 0.3) is 0 Å². The fraction of sp³-hybridized carbons (Fsp3) is 0.714. The van der Waals surface area contributed by atoms with Crippen molar-refractivity contribution in [3.05, 3.63) is 35.9 Å². The summed E-state index contributed by atoms with van der Waals surface area (Å²) in [5, 5.41) is 3.94. The predicted molar refractivity (Wildman–Crippen MR) is 102 cm³/mol. The van der Waals surface area contributed by atoms with Crippen LogP contribution in [0.15, 0.2) is 30.3 Å². The van der Waals surface area contributed by atoms with Crippen LogP contribution in [0, 0.1) is 0 Å². The molecule has 24 heavy (non-hydrogen) atoms. The van der Waals surface area contributed by atoms with Crippen molar-refractivity contribution in [1.82, 2.24) is 15.1 Å². The molecule has 0 radical (unpaired) electrons. The van der Waals surface area contributed by atoms with Crippen molar-refractivity contribution in [2.24, 2.45) is 0 Å². The summed E-state index contributed by atoms with van der Waals surface area (Å²) in [6, 6.07) is 12.2. The smallest absolute Gasteiger partial charge is 0.0328 e.